The van der Waals surface area contributed by atoms with E-state index in [4.69, 9.17) is 4.74 Å². The number of hydrogen-bond donors (Lipinski definition) is 1. The number of nitrogens with zero attached hydrogens (tertiary/aromatic N) is 3. The van der Waals surface area contributed by atoms with Crippen LogP contribution in [0.5, 0.6) is 0 Å². The van der Waals surface area contributed by atoms with Crippen molar-refractivity contribution >= 4 is 11.7 Å². The van der Waals surface area contributed by atoms with Crippen LogP contribution in [-0.4, -0.2) is 67.3 Å². The lowest BCUT2D eigenvalue weighted by atomic mass is 10.2. The number of ether oxygens (including phenoxy) is 1. The molecule has 0 saturated carbocycles. The lowest BCUT2D eigenvalue weighted by Crippen LogP contribution is -2.43. The van der Waals surface area contributed by atoms with Gasteiger partial charge >= 0.3 is 0 Å². The van der Waals surface area contributed by atoms with E-state index in [-0.39, 0.29) is 5.91 Å². The van der Waals surface area contributed by atoms with Gasteiger partial charge in [-0.3, -0.25) is 9.69 Å². The molecule has 0 radical (unpaired) electrons. The average molecular weight is 334 g/mol. The van der Waals surface area contributed by atoms with Crippen molar-refractivity contribution in [3.63, 3.8) is 0 Å². The van der Waals surface area contributed by atoms with Crippen molar-refractivity contribution in [3.8, 4) is 0 Å². The zero-order valence-electron chi connectivity index (χ0n) is 15.3. The fraction of sp³-hybridized carbons (Fsp3) is 0.667. The molecule has 2 rings (SSSR count). The Kier molecular flexibility index (Phi) is 6.99. The maximum Gasteiger partial charge on any atom is 0.255 e. The number of carbonyl (C=O) groups excluding carboxylic acids is 1. The highest BCUT2D eigenvalue weighted by atomic mass is 16.5. The van der Waals surface area contributed by atoms with E-state index in [1.807, 2.05) is 12.1 Å². The normalized spacial score (nSPS) is 15.4. The molecule has 6 nitrogen and oxygen atoms in total. The molecule has 1 aliphatic rings. The van der Waals surface area contributed by atoms with Gasteiger partial charge in [0.2, 0.25) is 0 Å². The average Bonchev–Trinajstić information content (AvgIpc) is 2.58. The van der Waals surface area contributed by atoms with Crippen molar-refractivity contribution in [1.29, 1.82) is 0 Å². The molecule has 1 N–H and O–H groups in total. The van der Waals surface area contributed by atoms with Crippen LogP contribution in [0.1, 0.15) is 38.1 Å². The summed E-state index contributed by atoms with van der Waals surface area (Å²) in [4.78, 5) is 21.5. The van der Waals surface area contributed by atoms with E-state index >= 15 is 0 Å². The minimum absolute atomic E-state index is 0.0583. The molecule has 1 saturated heterocycles. The van der Waals surface area contributed by atoms with E-state index in [2.05, 4.69) is 47.8 Å². The first kappa shape index (κ1) is 18.7. The Morgan fingerprint density at radius 3 is 2.58 bits per heavy atom. The molecule has 0 spiro atoms. The highest BCUT2D eigenvalue weighted by Gasteiger charge is 2.20. The number of morpholine rings is 1. The van der Waals surface area contributed by atoms with Gasteiger partial charge in [-0.1, -0.05) is 0 Å². The molecule has 0 aliphatic carbocycles. The van der Waals surface area contributed by atoms with Crippen LogP contribution in [0, 0.1) is 0 Å². The third kappa shape index (κ3) is 4.92. The Morgan fingerprint density at radius 1 is 1.29 bits per heavy atom. The van der Waals surface area contributed by atoms with Crippen molar-refractivity contribution < 1.29 is 9.53 Å². The largest absolute Gasteiger partial charge is 0.378 e. The quantitative estimate of drug-likeness (QED) is 0.823. The van der Waals surface area contributed by atoms with Crippen molar-refractivity contribution in [2.24, 2.45) is 0 Å². The van der Waals surface area contributed by atoms with Crippen molar-refractivity contribution in [2.45, 2.75) is 39.8 Å². The summed E-state index contributed by atoms with van der Waals surface area (Å²) in [6.07, 6.45) is 1.74. The van der Waals surface area contributed by atoms with Gasteiger partial charge in [0.05, 0.1) is 18.8 Å². The van der Waals surface area contributed by atoms with Crippen LogP contribution in [0.2, 0.25) is 0 Å². The third-order valence-electron chi connectivity index (χ3n) is 4.32. The van der Waals surface area contributed by atoms with Crippen LogP contribution in [-0.2, 0) is 4.74 Å². The number of anilines is 1. The van der Waals surface area contributed by atoms with Gasteiger partial charge in [-0.2, -0.15) is 0 Å². The minimum Gasteiger partial charge on any atom is -0.378 e. The molecule has 0 aromatic carbocycles. The Bertz CT molecular complexity index is 520. The Hall–Kier alpha value is -1.66. The number of aromatic nitrogens is 1. The standard InChI is InChI=1S/C18H30N4O2/c1-14(2)22(15(3)4)9-8-20-18(23)16-6-5-7-19-17(16)21-10-12-24-13-11-21/h5-7,14-15H,8-13H2,1-4H3,(H,20,23). The summed E-state index contributed by atoms with van der Waals surface area (Å²) in [6.45, 7) is 13.1. The summed E-state index contributed by atoms with van der Waals surface area (Å²) in [7, 11) is 0. The Balaban J connectivity index is 1.97. The van der Waals surface area contributed by atoms with E-state index in [0.29, 0.717) is 37.4 Å². The van der Waals surface area contributed by atoms with Crippen molar-refractivity contribution in [3.05, 3.63) is 23.9 Å². The lowest BCUT2D eigenvalue weighted by Gasteiger charge is -2.31. The van der Waals surface area contributed by atoms with Crippen LogP contribution in [0.3, 0.4) is 0 Å². The topological polar surface area (TPSA) is 57.7 Å². The lowest BCUT2D eigenvalue weighted by molar-refractivity contribution is 0.0937. The zero-order valence-corrected chi connectivity index (χ0v) is 15.3. The highest BCUT2D eigenvalue weighted by Crippen LogP contribution is 2.18. The molecule has 0 unspecified atom stereocenters. The van der Waals surface area contributed by atoms with E-state index < -0.39 is 0 Å². The minimum atomic E-state index is -0.0583. The Morgan fingerprint density at radius 2 is 1.96 bits per heavy atom. The summed E-state index contributed by atoms with van der Waals surface area (Å²) in [6, 6.07) is 4.58. The molecule has 6 heteroatoms. The number of nitrogens with one attached hydrogen (secondary N) is 1. The molecule has 24 heavy (non-hydrogen) atoms. The van der Waals surface area contributed by atoms with Gasteiger partial charge in [-0.15, -0.1) is 0 Å². The summed E-state index contributed by atoms with van der Waals surface area (Å²) >= 11 is 0. The van der Waals surface area contributed by atoms with E-state index in [1.165, 1.54) is 0 Å². The molecule has 134 valence electrons. The number of hydrogen-bond acceptors (Lipinski definition) is 5. The molecule has 0 atom stereocenters. The summed E-state index contributed by atoms with van der Waals surface area (Å²) < 4.78 is 5.38. The number of pyridine rings is 1. The molecule has 1 aromatic rings. The monoisotopic (exact) mass is 334 g/mol. The van der Waals surface area contributed by atoms with Crippen molar-refractivity contribution in [1.82, 2.24) is 15.2 Å². The fourth-order valence-corrected chi connectivity index (χ4v) is 3.11. The number of carbonyl (C=O) groups is 1. The van der Waals surface area contributed by atoms with Crippen LogP contribution in [0.4, 0.5) is 5.82 Å². The van der Waals surface area contributed by atoms with Crippen molar-refractivity contribution in [2.75, 3.05) is 44.3 Å². The molecule has 1 fully saturated rings. The van der Waals surface area contributed by atoms with Gasteiger partial charge in [0.25, 0.3) is 5.91 Å². The zero-order chi connectivity index (χ0) is 17.5. The van der Waals surface area contributed by atoms with Crippen LogP contribution in [0.15, 0.2) is 18.3 Å². The molecule has 1 amide bonds. The second-order valence-corrected chi connectivity index (χ2v) is 6.66. The number of amides is 1. The Labute approximate surface area is 145 Å². The molecule has 2 heterocycles. The third-order valence-corrected chi connectivity index (χ3v) is 4.32. The SMILES string of the molecule is CC(C)N(CCNC(=O)c1cccnc1N1CCOCC1)C(C)C. The smallest absolute Gasteiger partial charge is 0.255 e. The summed E-state index contributed by atoms with van der Waals surface area (Å²) in [5.74, 6) is 0.694. The van der Waals surface area contributed by atoms with Gasteiger partial charge in [0, 0.05) is 44.5 Å². The van der Waals surface area contributed by atoms with Crippen LogP contribution < -0.4 is 10.2 Å². The second-order valence-electron chi connectivity index (χ2n) is 6.66. The van der Waals surface area contributed by atoms with Gasteiger partial charge in [0.15, 0.2) is 0 Å². The predicted molar refractivity (Wildman–Crippen MR) is 96.6 cm³/mol. The van der Waals surface area contributed by atoms with Gasteiger partial charge < -0.3 is 15.0 Å². The van der Waals surface area contributed by atoms with Gasteiger partial charge in [-0.25, -0.2) is 4.98 Å². The van der Waals surface area contributed by atoms with Crippen LogP contribution in [0.25, 0.3) is 0 Å². The molecule has 1 aromatic heterocycles. The molecular weight excluding hydrogens is 304 g/mol. The summed E-state index contributed by atoms with van der Waals surface area (Å²) in [5, 5.41) is 3.04. The second kappa shape index (κ2) is 8.99. The fourth-order valence-electron chi connectivity index (χ4n) is 3.11. The highest BCUT2D eigenvalue weighted by molar-refractivity contribution is 5.98. The first-order valence-electron chi connectivity index (χ1n) is 8.82. The van der Waals surface area contributed by atoms with Crippen LogP contribution >= 0.6 is 0 Å². The van der Waals surface area contributed by atoms with E-state index in [1.54, 1.807) is 6.20 Å². The first-order valence-corrected chi connectivity index (χ1v) is 8.82. The number of rotatable bonds is 7. The first-order chi connectivity index (χ1) is 11.5. The predicted octanol–water partition coefficient (Wildman–Crippen LogP) is 1.77. The molecular formula is C18H30N4O2. The molecule has 0 bridgehead atoms. The van der Waals surface area contributed by atoms with Gasteiger partial charge in [0.1, 0.15) is 5.82 Å². The van der Waals surface area contributed by atoms with E-state index in [9.17, 15) is 4.79 Å². The van der Waals surface area contributed by atoms with E-state index in [0.717, 1.165) is 25.5 Å². The summed E-state index contributed by atoms with van der Waals surface area (Å²) in [5.41, 5.74) is 0.639. The van der Waals surface area contributed by atoms with Gasteiger partial charge in [-0.05, 0) is 39.8 Å². The molecule has 1 aliphatic heterocycles. The maximum atomic E-state index is 12.6. The maximum absolute atomic E-state index is 12.6.